The molecule has 2 aromatic carbocycles. The Bertz CT molecular complexity index is 756. The van der Waals surface area contributed by atoms with Gasteiger partial charge in [-0.05, 0) is 35.4 Å². The maximum Gasteiger partial charge on any atom is 0.164 e. The van der Waals surface area contributed by atoms with Crippen molar-refractivity contribution in [2.45, 2.75) is 12.3 Å². The molecule has 5 heteroatoms. The van der Waals surface area contributed by atoms with Crippen molar-refractivity contribution >= 4 is 29.0 Å². The minimum absolute atomic E-state index is 0.0444. The summed E-state index contributed by atoms with van der Waals surface area (Å²) in [5.41, 5.74) is 2.57. The Morgan fingerprint density at radius 3 is 2.32 bits per heavy atom. The summed E-state index contributed by atoms with van der Waals surface area (Å²) in [4.78, 5) is 12.3. The number of halogens is 2. The van der Waals surface area contributed by atoms with E-state index in [9.17, 15) is 4.79 Å². The fourth-order valence-corrected chi connectivity index (χ4v) is 3.16. The van der Waals surface area contributed by atoms with Crippen LogP contribution < -0.4 is 9.47 Å². The molecule has 1 unspecified atom stereocenters. The highest BCUT2D eigenvalue weighted by molar-refractivity contribution is 6.42. The molecule has 0 N–H and O–H groups in total. The van der Waals surface area contributed by atoms with Gasteiger partial charge >= 0.3 is 0 Å². The predicted molar refractivity (Wildman–Crippen MR) is 86.8 cm³/mol. The zero-order valence-corrected chi connectivity index (χ0v) is 13.7. The van der Waals surface area contributed by atoms with E-state index in [0.29, 0.717) is 33.5 Å². The van der Waals surface area contributed by atoms with E-state index >= 15 is 0 Å². The molecule has 0 radical (unpaired) electrons. The van der Waals surface area contributed by atoms with E-state index in [1.54, 1.807) is 26.4 Å². The molecular weight excluding hydrogens is 323 g/mol. The van der Waals surface area contributed by atoms with Gasteiger partial charge in [0, 0.05) is 17.9 Å². The van der Waals surface area contributed by atoms with Crippen LogP contribution in [0.4, 0.5) is 0 Å². The minimum Gasteiger partial charge on any atom is -0.493 e. The van der Waals surface area contributed by atoms with Crippen LogP contribution in [0.25, 0.3) is 0 Å². The van der Waals surface area contributed by atoms with Gasteiger partial charge in [-0.15, -0.1) is 0 Å². The first-order chi connectivity index (χ1) is 10.5. The number of hydrogen-bond donors (Lipinski definition) is 0. The van der Waals surface area contributed by atoms with Gasteiger partial charge < -0.3 is 9.47 Å². The van der Waals surface area contributed by atoms with Crippen molar-refractivity contribution in [3.63, 3.8) is 0 Å². The smallest absolute Gasteiger partial charge is 0.164 e. The van der Waals surface area contributed by atoms with Gasteiger partial charge in [0.05, 0.1) is 24.3 Å². The summed E-state index contributed by atoms with van der Waals surface area (Å²) in [5, 5.41) is 0.989. The van der Waals surface area contributed by atoms with E-state index in [0.717, 1.165) is 11.1 Å². The lowest BCUT2D eigenvalue weighted by atomic mass is 9.93. The average Bonchev–Trinajstić information content (AvgIpc) is 2.85. The van der Waals surface area contributed by atoms with Gasteiger partial charge in [-0.3, -0.25) is 4.79 Å². The Kier molecular flexibility index (Phi) is 4.02. The first-order valence-electron chi connectivity index (χ1n) is 6.79. The Morgan fingerprint density at radius 2 is 1.68 bits per heavy atom. The standard InChI is InChI=1S/C17H14Cl2O3/c1-21-16-7-11-10(9-3-4-13(18)14(19)5-9)6-15(20)12(11)8-17(16)22-2/h3-5,7-8,10H,6H2,1-2H3. The summed E-state index contributed by atoms with van der Waals surface area (Å²) in [6.07, 6.45) is 0.406. The molecule has 3 nitrogen and oxygen atoms in total. The Morgan fingerprint density at radius 1 is 1.00 bits per heavy atom. The lowest BCUT2D eigenvalue weighted by Crippen LogP contribution is -1.98. The van der Waals surface area contributed by atoms with Gasteiger partial charge in [0.1, 0.15) is 0 Å². The van der Waals surface area contributed by atoms with E-state index in [-0.39, 0.29) is 11.7 Å². The second-order valence-corrected chi connectivity index (χ2v) is 5.96. The molecule has 0 saturated heterocycles. The Labute approximate surface area is 138 Å². The summed E-state index contributed by atoms with van der Waals surface area (Å²) >= 11 is 12.1. The number of ether oxygens (including phenoxy) is 2. The van der Waals surface area contributed by atoms with Crippen LogP contribution in [0, 0.1) is 0 Å². The van der Waals surface area contributed by atoms with Crippen LogP contribution in [0.15, 0.2) is 30.3 Å². The largest absolute Gasteiger partial charge is 0.493 e. The molecule has 0 aliphatic heterocycles. The molecule has 0 aromatic heterocycles. The molecule has 0 bridgehead atoms. The summed E-state index contributed by atoms with van der Waals surface area (Å²) in [7, 11) is 3.13. The molecule has 0 heterocycles. The van der Waals surface area contributed by atoms with E-state index in [1.165, 1.54) is 0 Å². The van der Waals surface area contributed by atoms with Gasteiger partial charge in [0.25, 0.3) is 0 Å². The van der Waals surface area contributed by atoms with E-state index in [2.05, 4.69) is 0 Å². The maximum absolute atomic E-state index is 12.3. The molecule has 1 aliphatic rings. The number of methoxy groups -OCH3 is 2. The molecule has 1 aliphatic carbocycles. The van der Waals surface area contributed by atoms with Gasteiger partial charge in [0.2, 0.25) is 0 Å². The molecule has 0 spiro atoms. The fraction of sp³-hybridized carbons (Fsp3) is 0.235. The molecule has 2 aromatic rings. The molecule has 0 fully saturated rings. The normalized spacial score (nSPS) is 16.5. The van der Waals surface area contributed by atoms with E-state index in [4.69, 9.17) is 32.7 Å². The topological polar surface area (TPSA) is 35.5 Å². The third-order valence-corrected chi connectivity index (χ3v) is 4.71. The molecule has 114 valence electrons. The quantitative estimate of drug-likeness (QED) is 0.812. The number of rotatable bonds is 3. The van der Waals surface area contributed by atoms with Crippen molar-refractivity contribution in [1.29, 1.82) is 0 Å². The van der Waals surface area contributed by atoms with Crippen LogP contribution in [0.3, 0.4) is 0 Å². The van der Waals surface area contributed by atoms with Crippen LogP contribution in [0.1, 0.15) is 33.8 Å². The molecular formula is C17H14Cl2O3. The molecule has 22 heavy (non-hydrogen) atoms. The summed E-state index contributed by atoms with van der Waals surface area (Å²) in [5.74, 6) is 1.22. The molecule has 1 atom stereocenters. The highest BCUT2D eigenvalue weighted by Gasteiger charge is 2.32. The summed E-state index contributed by atoms with van der Waals surface area (Å²) in [6, 6.07) is 9.08. The monoisotopic (exact) mass is 336 g/mol. The van der Waals surface area contributed by atoms with E-state index < -0.39 is 0 Å². The lowest BCUT2D eigenvalue weighted by Gasteiger charge is -2.15. The SMILES string of the molecule is COc1cc2c(cc1OC)C(c1ccc(Cl)c(Cl)c1)CC2=O. The van der Waals surface area contributed by atoms with Crippen LogP contribution >= 0.6 is 23.2 Å². The van der Waals surface area contributed by atoms with Crippen molar-refractivity contribution in [2.24, 2.45) is 0 Å². The third-order valence-electron chi connectivity index (χ3n) is 3.97. The van der Waals surface area contributed by atoms with Crippen LogP contribution in [0.2, 0.25) is 10.0 Å². The Balaban J connectivity index is 2.12. The number of carbonyl (C=O) groups is 1. The average molecular weight is 337 g/mol. The van der Waals surface area contributed by atoms with Gasteiger partial charge in [-0.1, -0.05) is 29.3 Å². The molecule has 0 saturated carbocycles. The zero-order valence-electron chi connectivity index (χ0n) is 12.2. The van der Waals surface area contributed by atoms with Crippen molar-refractivity contribution in [3.8, 4) is 11.5 Å². The van der Waals surface area contributed by atoms with Crippen LogP contribution in [-0.2, 0) is 0 Å². The van der Waals surface area contributed by atoms with Crippen molar-refractivity contribution in [1.82, 2.24) is 0 Å². The second-order valence-electron chi connectivity index (χ2n) is 5.15. The molecule has 3 rings (SSSR count). The van der Waals surface area contributed by atoms with E-state index in [1.807, 2.05) is 18.2 Å². The number of Topliss-reactive ketones (excluding diaryl/α,β-unsaturated/α-hetero) is 1. The predicted octanol–water partition coefficient (Wildman–Crippen LogP) is 4.73. The first kappa shape index (κ1) is 15.2. The minimum atomic E-state index is -0.0444. The number of carbonyl (C=O) groups excluding carboxylic acids is 1. The lowest BCUT2D eigenvalue weighted by molar-refractivity contribution is 0.0991. The van der Waals surface area contributed by atoms with Crippen LogP contribution in [0.5, 0.6) is 11.5 Å². The zero-order chi connectivity index (χ0) is 15.9. The highest BCUT2D eigenvalue weighted by Crippen LogP contribution is 2.44. The number of benzene rings is 2. The van der Waals surface area contributed by atoms with Crippen molar-refractivity contribution < 1.29 is 14.3 Å². The van der Waals surface area contributed by atoms with Crippen LogP contribution in [-0.4, -0.2) is 20.0 Å². The second kappa shape index (κ2) is 5.82. The number of ketones is 1. The van der Waals surface area contributed by atoms with Gasteiger partial charge in [-0.25, -0.2) is 0 Å². The summed E-state index contributed by atoms with van der Waals surface area (Å²) < 4.78 is 10.6. The maximum atomic E-state index is 12.3. The molecule has 0 amide bonds. The fourth-order valence-electron chi connectivity index (χ4n) is 2.86. The number of hydrogen-bond acceptors (Lipinski definition) is 3. The van der Waals surface area contributed by atoms with Gasteiger partial charge in [-0.2, -0.15) is 0 Å². The van der Waals surface area contributed by atoms with Gasteiger partial charge in [0.15, 0.2) is 17.3 Å². The van der Waals surface area contributed by atoms with Crippen molar-refractivity contribution in [3.05, 3.63) is 57.1 Å². The Hall–Kier alpha value is -1.71. The third kappa shape index (κ3) is 2.44. The highest BCUT2D eigenvalue weighted by atomic mass is 35.5. The van der Waals surface area contributed by atoms with Crippen molar-refractivity contribution in [2.75, 3.05) is 14.2 Å². The number of fused-ring (bicyclic) bond motifs is 1. The first-order valence-corrected chi connectivity index (χ1v) is 7.54. The summed E-state index contributed by atoms with van der Waals surface area (Å²) in [6.45, 7) is 0.